The molecule has 1 unspecified atom stereocenters. The average molecular weight is 370 g/mol. The van der Waals surface area contributed by atoms with Crippen molar-refractivity contribution in [1.82, 2.24) is 5.32 Å². The van der Waals surface area contributed by atoms with Gasteiger partial charge in [-0.3, -0.25) is 0 Å². The lowest BCUT2D eigenvalue weighted by Crippen LogP contribution is -2.51. The topological polar surface area (TPSA) is 46.2 Å². The Morgan fingerprint density at radius 2 is 1.90 bits per heavy atom. The molecule has 0 aliphatic carbocycles. The van der Waals surface area contributed by atoms with Gasteiger partial charge in [-0.05, 0) is 55.4 Å². The molecular formula is C13H18BrF2NO2S. The van der Waals surface area contributed by atoms with Gasteiger partial charge in [0, 0.05) is 17.9 Å². The van der Waals surface area contributed by atoms with Gasteiger partial charge >= 0.3 is 0 Å². The molecule has 1 atom stereocenters. The Kier molecular flexibility index (Phi) is 5.32. The summed E-state index contributed by atoms with van der Waals surface area (Å²) in [5, 5.41) is 2.84. The fourth-order valence-corrected chi connectivity index (χ4v) is 3.00. The summed E-state index contributed by atoms with van der Waals surface area (Å²) in [4.78, 5) is 0. The molecular weight excluding hydrogens is 352 g/mol. The van der Waals surface area contributed by atoms with Gasteiger partial charge in [-0.25, -0.2) is 17.2 Å². The third-order valence-corrected chi connectivity index (χ3v) is 6.50. The van der Waals surface area contributed by atoms with Gasteiger partial charge < -0.3 is 5.32 Å². The molecule has 0 spiro atoms. The normalized spacial score (nSPS) is 14.3. The van der Waals surface area contributed by atoms with Gasteiger partial charge in [0.25, 0.3) is 0 Å². The first kappa shape index (κ1) is 17.5. The van der Waals surface area contributed by atoms with E-state index >= 15 is 0 Å². The van der Waals surface area contributed by atoms with Gasteiger partial charge in [0.15, 0.2) is 9.84 Å². The van der Waals surface area contributed by atoms with E-state index in [1.165, 1.54) is 19.9 Å². The molecule has 0 aromatic heterocycles. The molecule has 0 amide bonds. The van der Waals surface area contributed by atoms with Crippen LogP contribution in [0, 0.1) is 11.6 Å². The van der Waals surface area contributed by atoms with Crippen LogP contribution in [0.5, 0.6) is 0 Å². The van der Waals surface area contributed by atoms with E-state index in [-0.39, 0.29) is 16.5 Å². The summed E-state index contributed by atoms with van der Waals surface area (Å²) in [6.07, 6.45) is 1.05. The minimum absolute atomic E-state index is 0.0618. The minimum atomic E-state index is -3.39. The number of sulfone groups is 1. The standard InChI is InChI=1S/C13H18BrF2NO2S/c1-13(2,20(4,18)19)11(17-3)7-8-10(15)6-5-9(14)12(8)16/h5-6,11,17H,7H2,1-4H3. The first-order chi connectivity index (χ1) is 9.02. The smallest absolute Gasteiger partial charge is 0.154 e. The Morgan fingerprint density at radius 1 is 1.35 bits per heavy atom. The lowest BCUT2D eigenvalue weighted by molar-refractivity contribution is 0.416. The van der Waals surface area contributed by atoms with Crippen LogP contribution >= 0.6 is 15.9 Å². The highest BCUT2D eigenvalue weighted by molar-refractivity contribution is 9.10. The van der Waals surface area contributed by atoms with Crippen molar-refractivity contribution in [2.45, 2.75) is 31.1 Å². The van der Waals surface area contributed by atoms with E-state index in [9.17, 15) is 17.2 Å². The van der Waals surface area contributed by atoms with E-state index in [4.69, 9.17) is 0 Å². The van der Waals surface area contributed by atoms with E-state index < -0.39 is 32.3 Å². The van der Waals surface area contributed by atoms with Crippen LogP contribution in [0.1, 0.15) is 19.4 Å². The van der Waals surface area contributed by atoms with Crippen LogP contribution in [0.2, 0.25) is 0 Å². The number of hydrogen-bond donors (Lipinski definition) is 1. The van der Waals surface area contributed by atoms with Gasteiger partial charge in [-0.1, -0.05) is 0 Å². The second kappa shape index (κ2) is 6.07. The second-order valence-corrected chi connectivity index (χ2v) is 8.69. The fraction of sp³-hybridized carbons (Fsp3) is 0.538. The highest BCUT2D eigenvalue weighted by Gasteiger charge is 2.39. The predicted molar refractivity (Wildman–Crippen MR) is 79.5 cm³/mol. The molecule has 0 aliphatic heterocycles. The predicted octanol–water partition coefficient (Wildman–Crippen LogP) is 2.68. The zero-order valence-electron chi connectivity index (χ0n) is 11.8. The Hall–Kier alpha value is -0.530. The van der Waals surface area contributed by atoms with E-state index in [1.54, 1.807) is 7.05 Å². The maximum atomic E-state index is 14.0. The summed E-state index contributed by atoms with van der Waals surface area (Å²) < 4.78 is 50.4. The molecule has 1 rings (SSSR count). The Bertz CT molecular complexity index is 603. The zero-order chi connectivity index (χ0) is 15.7. The second-order valence-electron chi connectivity index (χ2n) is 5.24. The monoisotopic (exact) mass is 369 g/mol. The van der Waals surface area contributed by atoms with Crippen LogP contribution in [0.15, 0.2) is 16.6 Å². The molecule has 0 saturated carbocycles. The quantitative estimate of drug-likeness (QED) is 0.811. The van der Waals surface area contributed by atoms with Crippen LogP contribution < -0.4 is 5.32 Å². The van der Waals surface area contributed by atoms with Gasteiger partial charge in [0.2, 0.25) is 0 Å². The Balaban J connectivity index is 3.23. The van der Waals surface area contributed by atoms with Crippen molar-refractivity contribution in [2.24, 2.45) is 0 Å². The number of halogens is 3. The molecule has 1 aromatic carbocycles. The number of nitrogens with one attached hydrogen (secondary N) is 1. The summed E-state index contributed by atoms with van der Waals surface area (Å²) in [5.74, 6) is -1.38. The first-order valence-electron chi connectivity index (χ1n) is 6.01. The maximum absolute atomic E-state index is 14.0. The van der Waals surface area contributed by atoms with Crippen LogP contribution in [-0.4, -0.2) is 32.5 Å². The fourth-order valence-electron chi connectivity index (χ4n) is 1.91. The number of hydrogen-bond acceptors (Lipinski definition) is 3. The molecule has 0 heterocycles. The van der Waals surface area contributed by atoms with Crippen LogP contribution in [0.4, 0.5) is 8.78 Å². The van der Waals surface area contributed by atoms with E-state index in [0.29, 0.717) is 0 Å². The van der Waals surface area contributed by atoms with Crippen molar-refractivity contribution in [3.63, 3.8) is 0 Å². The molecule has 3 nitrogen and oxygen atoms in total. The molecule has 0 saturated heterocycles. The number of likely N-dealkylation sites (N-methyl/N-ethyl adjacent to an activating group) is 1. The van der Waals surface area contributed by atoms with E-state index in [1.807, 2.05) is 0 Å². The Labute approximate surface area is 126 Å². The van der Waals surface area contributed by atoms with Crippen molar-refractivity contribution >= 4 is 25.8 Å². The molecule has 0 bridgehead atoms. The average Bonchev–Trinajstić information content (AvgIpc) is 2.32. The molecule has 114 valence electrons. The Morgan fingerprint density at radius 3 is 2.35 bits per heavy atom. The van der Waals surface area contributed by atoms with E-state index in [2.05, 4.69) is 21.2 Å². The van der Waals surface area contributed by atoms with Gasteiger partial charge in [-0.2, -0.15) is 0 Å². The molecule has 0 aliphatic rings. The molecule has 0 fully saturated rings. The highest BCUT2D eigenvalue weighted by atomic mass is 79.9. The SMILES string of the molecule is CNC(Cc1c(F)ccc(Br)c1F)C(C)(C)S(C)(=O)=O. The van der Waals surface area contributed by atoms with Crippen molar-refractivity contribution < 1.29 is 17.2 Å². The lowest BCUT2D eigenvalue weighted by Gasteiger charge is -2.32. The summed E-state index contributed by atoms with van der Waals surface area (Å²) in [7, 11) is -1.81. The zero-order valence-corrected chi connectivity index (χ0v) is 14.2. The molecule has 1 aromatic rings. The molecule has 20 heavy (non-hydrogen) atoms. The first-order valence-corrected chi connectivity index (χ1v) is 8.70. The summed E-state index contributed by atoms with van der Waals surface area (Å²) in [6, 6.07) is 1.82. The largest absolute Gasteiger partial charge is 0.315 e. The maximum Gasteiger partial charge on any atom is 0.154 e. The van der Waals surface area contributed by atoms with Crippen LogP contribution in [-0.2, 0) is 16.3 Å². The number of benzene rings is 1. The summed E-state index contributed by atoms with van der Waals surface area (Å²) in [6.45, 7) is 3.08. The van der Waals surface area contributed by atoms with Crippen molar-refractivity contribution in [2.75, 3.05) is 13.3 Å². The lowest BCUT2D eigenvalue weighted by atomic mass is 9.95. The van der Waals surface area contributed by atoms with Gasteiger partial charge in [0.05, 0.1) is 9.22 Å². The minimum Gasteiger partial charge on any atom is -0.315 e. The third kappa shape index (κ3) is 3.38. The van der Waals surface area contributed by atoms with Gasteiger partial charge in [-0.15, -0.1) is 0 Å². The van der Waals surface area contributed by atoms with Crippen LogP contribution in [0.3, 0.4) is 0 Å². The van der Waals surface area contributed by atoms with Crippen molar-refractivity contribution in [3.8, 4) is 0 Å². The van der Waals surface area contributed by atoms with Gasteiger partial charge in [0.1, 0.15) is 11.6 Å². The van der Waals surface area contributed by atoms with Crippen molar-refractivity contribution in [3.05, 3.63) is 33.8 Å². The summed E-state index contributed by atoms with van der Waals surface area (Å²) in [5.41, 5.74) is -0.129. The number of rotatable bonds is 5. The van der Waals surface area contributed by atoms with Crippen molar-refractivity contribution in [1.29, 1.82) is 0 Å². The molecule has 1 N–H and O–H groups in total. The highest BCUT2D eigenvalue weighted by Crippen LogP contribution is 2.27. The molecule has 0 radical (unpaired) electrons. The summed E-state index contributed by atoms with van der Waals surface area (Å²) >= 11 is 3.00. The third-order valence-electron chi connectivity index (χ3n) is 3.69. The van der Waals surface area contributed by atoms with Crippen LogP contribution in [0.25, 0.3) is 0 Å². The van der Waals surface area contributed by atoms with E-state index in [0.717, 1.165) is 12.3 Å². The molecule has 7 heteroatoms.